The van der Waals surface area contributed by atoms with Crippen molar-refractivity contribution in [2.75, 3.05) is 6.54 Å². The SMILES string of the molecule is O=C(c1ccoc1C1CC1)N1CCC[C@@H]1[C@@H]1CCCC[C@@H]1O. The lowest BCUT2D eigenvalue weighted by atomic mass is 9.80. The van der Waals surface area contributed by atoms with Crippen LogP contribution in [0.5, 0.6) is 0 Å². The number of carbonyl (C=O) groups excluding carboxylic acids is 1. The predicted molar refractivity (Wildman–Crippen MR) is 82.7 cm³/mol. The number of carbonyl (C=O) groups is 1. The van der Waals surface area contributed by atoms with Crippen molar-refractivity contribution in [3.8, 4) is 0 Å². The number of amides is 1. The van der Waals surface area contributed by atoms with E-state index in [1.165, 1.54) is 6.42 Å². The third-order valence-electron chi connectivity index (χ3n) is 5.71. The lowest BCUT2D eigenvalue weighted by Crippen LogP contribution is -2.45. The lowest BCUT2D eigenvalue weighted by molar-refractivity contribution is 0.0211. The van der Waals surface area contributed by atoms with Crippen molar-refractivity contribution in [1.29, 1.82) is 0 Å². The van der Waals surface area contributed by atoms with E-state index in [-0.39, 0.29) is 24.0 Å². The summed E-state index contributed by atoms with van der Waals surface area (Å²) in [7, 11) is 0. The monoisotopic (exact) mass is 303 g/mol. The first-order chi connectivity index (χ1) is 10.8. The van der Waals surface area contributed by atoms with E-state index >= 15 is 0 Å². The molecule has 3 aliphatic rings. The largest absolute Gasteiger partial charge is 0.468 e. The van der Waals surface area contributed by atoms with Gasteiger partial charge in [0.1, 0.15) is 5.76 Å². The second-order valence-corrected chi connectivity index (χ2v) is 7.20. The fourth-order valence-electron chi connectivity index (χ4n) is 4.39. The molecule has 3 atom stereocenters. The number of hydrogen-bond acceptors (Lipinski definition) is 3. The van der Waals surface area contributed by atoms with Gasteiger partial charge in [-0.3, -0.25) is 4.79 Å². The number of hydrogen-bond donors (Lipinski definition) is 1. The van der Waals surface area contributed by atoms with Crippen molar-refractivity contribution in [3.05, 3.63) is 23.7 Å². The first-order valence-electron chi connectivity index (χ1n) is 8.82. The molecule has 0 aromatic carbocycles. The Labute approximate surface area is 131 Å². The van der Waals surface area contributed by atoms with Gasteiger partial charge in [-0.15, -0.1) is 0 Å². The van der Waals surface area contributed by atoms with Gasteiger partial charge in [0.05, 0.1) is 17.9 Å². The van der Waals surface area contributed by atoms with Gasteiger partial charge in [0.2, 0.25) is 0 Å². The Balaban J connectivity index is 1.55. The van der Waals surface area contributed by atoms with Crippen LogP contribution in [0.2, 0.25) is 0 Å². The van der Waals surface area contributed by atoms with Crippen molar-refractivity contribution in [2.45, 2.75) is 69.4 Å². The Morgan fingerprint density at radius 3 is 2.73 bits per heavy atom. The standard InChI is InChI=1S/C18H25NO3/c20-16-6-2-1-4-13(16)15-5-3-10-19(15)18(21)14-9-11-22-17(14)12-7-8-12/h9,11-13,15-16,20H,1-8,10H2/t13-,15+,16-/m0/s1. The van der Waals surface area contributed by atoms with Crippen LogP contribution in [0.4, 0.5) is 0 Å². The average Bonchev–Trinajstić information content (AvgIpc) is 3.07. The summed E-state index contributed by atoms with van der Waals surface area (Å²) in [6.07, 6.45) is 10.0. The summed E-state index contributed by atoms with van der Waals surface area (Å²) in [6.45, 7) is 0.821. The third kappa shape index (κ3) is 2.47. The normalized spacial score (nSPS) is 32.4. The molecule has 4 nitrogen and oxygen atoms in total. The predicted octanol–water partition coefficient (Wildman–Crippen LogP) is 3.31. The van der Waals surface area contributed by atoms with Gasteiger partial charge in [-0.2, -0.15) is 0 Å². The van der Waals surface area contributed by atoms with Gasteiger partial charge < -0.3 is 14.4 Å². The fourth-order valence-corrected chi connectivity index (χ4v) is 4.39. The summed E-state index contributed by atoms with van der Waals surface area (Å²) in [4.78, 5) is 15.0. The van der Waals surface area contributed by atoms with Crippen molar-refractivity contribution in [3.63, 3.8) is 0 Å². The smallest absolute Gasteiger partial charge is 0.257 e. The quantitative estimate of drug-likeness (QED) is 0.932. The second-order valence-electron chi connectivity index (χ2n) is 7.20. The molecule has 1 saturated heterocycles. The molecule has 1 amide bonds. The molecule has 120 valence electrons. The molecule has 1 aromatic rings. The van der Waals surface area contributed by atoms with Crippen LogP contribution in [-0.4, -0.2) is 34.6 Å². The van der Waals surface area contributed by atoms with E-state index < -0.39 is 0 Å². The van der Waals surface area contributed by atoms with Crippen molar-refractivity contribution >= 4 is 5.91 Å². The molecule has 3 fully saturated rings. The molecular formula is C18H25NO3. The highest BCUT2D eigenvalue weighted by Crippen LogP contribution is 2.43. The number of likely N-dealkylation sites (tertiary alicyclic amines) is 1. The van der Waals surface area contributed by atoms with Gasteiger partial charge in [0.15, 0.2) is 0 Å². The third-order valence-corrected chi connectivity index (χ3v) is 5.71. The number of nitrogens with zero attached hydrogens (tertiary/aromatic N) is 1. The summed E-state index contributed by atoms with van der Waals surface area (Å²) in [6, 6.07) is 2.05. The molecule has 1 aromatic heterocycles. The van der Waals surface area contributed by atoms with E-state index in [2.05, 4.69) is 0 Å². The second kappa shape index (κ2) is 5.73. The zero-order chi connectivity index (χ0) is 15.1. The summed E-state index contributed by atoms with van der Waals surface area (Å²) in [5.41, 5.74) is 0.764. The molecule has 0 bridgehead atoms. The minimum absolute atomic E-state index is 0.121. The number of furan rings is 1. The van der Waals surface area contributed by atoms with E-state index in [0.717, 1.165) is 62.8 Å². The van der Waals surface area contributed by atoms with Crippen LogP contribution in [0.25, 0.3) is 0 Å². The van der Waals surface area contributed by atoms with E-state index in [1.54, 1.807) is 6.26 Å². The molecule has 2 heterocycles. The van der Waals surface area contributed by atoms with Crippen molar-refractivity contribution in [2.24, 2.45) is 5.92 Å². The maximum atomic E-state index is 13.0. The van der Waals surface area contributed by atoms with Gasteiger partial charge >= 0.3 is 0 Å². The summed E-state index contributed by atoms with van der Waals surface area (Å²) in [5, 5.41) is 10.4. The fraction of sp³-hybridized carbons (Fsp3) is 0.722. The molecule has 1 N–H and O–H groups in total. The van der Waals surface area contributed by atoms with Crippen molar-refractivity contribution < 1.29 is 14.3 Å². The van der Waals surface area contributed by atoms with Gasteiger partial charge in [-0.25, -0.2) is 0 Å². The van der Waals surface area contributed by atoms with Gasteiger partial charge in [-0.05, 0) is 44.6 Å². The summed E-state index contributed by atoms with van der Waals surface area (Å²) in [5.74, 6) is 1.72. The Kier molecular flexibility index (Phi) is 3.73. The molecule has 2 saturated carbocycles. The van der Waals surface area contributed by atoms with Gasteiger partial charge in [0, 0.05) is 24.4 Å². The van der Waals surface area contributed by atoms with Gasteiger partial charge in [-0.1, -0.05) is 12.8 Å². The van der Waals surface area contributed by atoms with Gasteiger partial charge in [0.25, 0.3) is 5.91 Å². The van der Waals surface area contributed by atoms with Crippen LogP contribution in [0, 0.1) is 5.92 Å². The molecular weight excluding hydrogens is 278 g/mol. The van der Waals surface area contributed by atoms with E-state index in [9.17, 15) is 9.90 Å². The van der Waals surface area contributed by atoms with Crippen LogP contribution in [0.15, 0.2) is 16.7 Å². The molecule has 0 radical (unpaired) electrons. The first kappa shape index (κ1) is 14.3. The highest BCUT2D eigenvalue weighted by molar-refractivity contribution is 5.95. The zero-order valence-electron chi connectivity index (χ0n) is 13.0. The Hall–Kier alpha value is -1.29. The molecule has 0 unspecified atom stereocenters. The Morgan fingerprint density at radius 1 is 1.14 bits per heavy atom. The van der Waals surface area contributed by atoms with E-state index in [4.69, 9.17) is 4.42 Å². The number of rotatable bonds is 3. The average molecular weight is 303 g/mol. The van der Waals surface area contributed by atoms with Crippen LogP contribution >= 0.6 is 0 Å². The summed E-state index contributed by atoms with van der Waals surface area (Å²) < 4.78 is 5.57. The Bertz CT molecular complexity index is 548. The highest BCUT2D eigenvalue weighted by Gasteiger charge is 2.41. The first-order valence-corrected chi connectivity index (χ1v) is 8.82. The van der Waals surface area contributed by atoms with Crippen LogP contribution in [0.3, 0.4) is 0 Å². The van der Waals surface area contributed by atoms with Crippen LogP contribution in [0.1, 0.15) is 73.4 Å². The number of aliphatic hydroxyl groups excluding tert-OH is 1. The molecule has 22 heavy (non-hydrogen) atoms. The van der Waals surface area contributed by atoms with E-state index in [0.29, 0.717) is 5.92 Å². The molecule has 4 heteroatoms. The molecule has 0 spiro atoms. The highest BCUT2D eigenvalue weighted by atomic mass is 16.3. The van der Waals surface area contributed by atoms with Crippen molar-refractivity contribution in [1.82, 2.24) is 4.90 Å². The lowest BCUT2D eigenvalue weighted by Gasteiger charge is -2.37. The summed E-state index contributed by atoms with van der Waals surface area (Å²) >= 11 is 0. The Morgan fingerprint density at radius 2 is 1.95 bits per heavy atom. The number of aliphatic hydroxyl groups is 1. The van der Waals surface area contributed by atoms with E-state index in [1.807, 2.05) is 11.0 Å². The minimum Gasteiger partial charge on any atom is -0.468 e. The molecule has 2 aliphatic carbocycles. The van der Waals surface area contributed by atoms with Crippen LogP contribution < -0.4 is 0 Å². The zero-order valence-corrected chi connectivity index (χ0v) is 13.0. The minimum atomic E-state index is -0.237. The van der Waals surface area contributed by atoms with Crippen LogP contribution in [-0.2, 0) is 0 Å². The molecule has 4 rings (SSSR count). The maximum absolute atomic E-state index is 13.0. The maximum Gasteiger partial charge on any atom is 0.257 e. The topological polar surface area (TPSA) is 53.7 Å². The molecule has 1 aliphatic heterocycles.